The predicted molar refractivity (Wildman–Crippen MR) is 71.4 cm³/mol. The van der Waals surface area contributed by atoms with Crippen molar-refractivity contribution in [2.45, 2.75) is 11.8 Å². The third-order valence-electron chi connectivity index (χ3n) is 2.43. The van der Waals surface area contributed by atoms with Gasteiger partial charge in [-0.1, -0.05) is 15.9 Å². The Morgan fingerprint density at radius 2 is 2.06 bits per heavy atom. The van der Waals surface area contributed by atoms with Crippen LogP contribution in [0.15, 0.2) is 29.6 Å². The van der Waals surface area contributed by atoms with E-state index in [1.54, 1.807) is 0 Å². The highest BCUT2D eigenvalue weighted by molar-refractivity contribution is 9.09. The molecule has 1 aromatic carbocycles. The molecule has 1 aromatic heterocycles. The first-order valence-electron chi connectivity index (χ1n) is 5.17. The number of hydrogen-bond donors (Lipinski definition) is 0. The summed E-state index contributed by atoms with van der Waals surface area (Å²) in [6.45, 7) is 1.92. The number of halogens is 3. The first-order valence-corrected chi connectivity index (χ1v) is 6.97. The SMILES string of the molecule is Cc1csc(C(Br)C(=O)c2ccc(F)cc2F)c1. The summed E-state index contributed by atoms with van der Waals surface area (Å²) in [5.41, 5.74) is 0.941. The van der Waals surface area contributed by atoms with Crippen molar-refractivity contribution in [3.8, 4) is 0 Å². The number of aryl methyl sites for hydroxylation is 1. The number of alkyl halides is 1. The Morgan fingerprint density at radius 1 is 1.33 bits per heavy atom. The molecule has 0 fully saturated rings. The fourth-order valence-corrected chi connectivity index (χ4v) is 3.11. The van der Waals surface area contributed by atoms with E-state index in [2.05, 4.69) is 15.9 Å². The second kappa shape index (κ2) is 5.28. The van der Waals surface area contributed by atoms with Crippen LogP contribution < -0.4 is 0 Å². The quantitative estimate of drug-likeness (QED) is 0.591. The van der Waals surface area contributed by atoms with Gasteiger partial charge >= 0.3 is 0 Å². The molecule has 0 radical (unpaired) electrons. The van der Waals surface area contributed by atoms with Crippen molar-refractivity contribution >= 4 is 33.0 Å². The highest BCUT2D eigenvalue weighted by Crippen LogP contribution is 2.32. The van der Waals surface area contributed by atoms with Crippen LogP contribution in [0.25, 0.3) is 0 Å². The first-order chi connectivity index (χ1) is 8.49. The van der Waals surface area contributed by atoms with Crippen molar-refractivity contribution in [3.63, 3.8) is 0 Å². The van der Waals surface area contributed by atoms with Crippen LogP contribution in [0.5, 0.6) is 0 Å². The lowest BCUT2D eigenvalue weighted by molar-refractivity contribution is 0.0988. The lowest BCUT2D eigenvalue weighted by Gasteiger charge is -2.07. The first kappa shape index (κ1) is 13.4. The Bertz CT molecular complexity index is 594. The molecule has 94 valence electrons. The number of carbonyl (C=O) groups excluding carboxylic acids is 1. The summed E-state index contributed by atoms with van der Waals surface area (Å²) in [5.74, 6) is -1.94. The molecule has 5 heteroatoms. The van der Waals surface area contributed by atoms with Gasteiger partial charge < -0.3 is 0 Å². The summed E-state index contributed by atoms with van der Waals surface area (Å²) in [4.78, 5) is 12.3. The van der Waals surface area contributed by atoms with Gasteiger partial charge in [0.25, 0.3) is 0 Å². The summed E-state index contributed by atoms with van der Waals surface area (Å²) >= 11 is 4.68. The Balaban J connectivity index is 2.31. The molecule has 0 aliphatic heterocycles. The Labute approximate surface area is 116 Å². The summed E-state index contributed by atoms with van der Waals surface area (Å²) in [7, 11) is 0. The third kappa shape index (κ3) is 2.67. The second-order valence-electron chi connectivity index (χ2n) is 3.88. The van der Waals surface area contributed by atoms with Gasteiger partial charge in [0.2, 0.25) is 0 Å². The number of ketones is 1. The van der Waals surface area contributed by atoms with Gasteiger partial charge in [-0.3, -0.25) is 4.79 Å². The van der Waals surface area contributed by atoms with Crippen LogP contribution in [0.4, 0.5) is 8.78 Å². The second-order valence-corrected chi connectivity index (χ2v) is 5.74. The van der Waals surface area contributed by atoms with Gasteiger partial charge in [-0.2, -0.15) is 0 Å². The Kier molecular flexibility index (Phi) is 3.92. The van der Waals surface area contributed by atoms with E-state index in [1.165, 1.54) is 17.4 Å². The Hall–Kier alpha value is -1.07. The summed E-state index contributed by atoms with van der Waals surface area (Å²) in [6.07, 6.45) is 0. The van der Waals surface area contributed by atoms with E-state index in [0.717, 1.165) is 16.5 Å². The number of rotatable bonds is 3. The Morgan fingerprint density at radius 3 is 2.61 bits per heavy atom. The molecule has 1 unspecified atom stereocenters. The number of thiophene rings is 1. The maximum Gasteiger partial charge on any atom is 0.184 e. The minimum Gasteiger partial charge on any atom is -0.292 e. The van der Waals surface area contributed by atoms with E-state index in [0.29, 0.717) is 6.07 Å². The number of Topliss-reactive ketones (excluding diaryl/α,β-unsaturated/α-hetero) is 1. The normalized spacial score (nSPS) is 12.4. The molecule has 18 heavy (non-hydrogen) atoms. The van der Waals surface area contributed by atoms with E-state index >= 15 is 0 Å². The van der Waals surface area contributed by atoms with Crippen LogP contribution in [0, 0.1) is 18.6 Å². The fraction of sp³-hybridized carbons (Fsp3) is 0.154. The van der Waals surface area contributed by atoms with Crippen LogP contribution in [-0.2, 0) is 0 Å². The van der Waals surface area contributed by atoms with Crippen LogP contribution in [0.3, 0.4) is 0 Å². The molecule has 0 spiro atoms. The van der Waals surface area contributed by atoms with Crippen LogP contribution >= 0.6 is 27.3 Å². The maximum absolute atomic E-state index is 13.5. The van der Waals surface area contributed by atoms with Gasteiger partial charge in [0.05, 0.1) is 5.56 Å². The number of hydrogen-bond acceptors (Lipinski definition) is 2. The van der Waals surface area contributed by atoms with Gasteiger partial charge in [0.15, 0.2) is 5.78 Å². The summed E-state index contributed by atoms with van der Waals surface area (Å²) in [5, 5.41) is 1.91. The zero-order valence-corrected chi connectivity index (χ0v) is 11.8. The molecule has 0 aliphatic carbocycles. The molecular formula is C13H9BrF2OS. The summed E-state index contributed by atoms with van der Waals surface area (Å²) in [6, 6.07) is 4.83. The molecule has 1 nitrogen and oxygen atoms in total. The van der Waals surface area contributed by atoms with Crippen LogP contribution in [0.2, 0.25) is 0 Å². The van der Waals surface area contributed by atoms with Crippen molar-refractivity contribution < 1.29 is 13.6 Å². The van der Waals surface area contributed by atoms with Gasteiger partial charge in [0, 0.05) is 10.9 Å². The van der Waals surface area contributed by atoms with Gasteiger partial charge in [-0.15, -0.1) is 11.3 Å². The van der Waals surface area contributed by atoms with E-state index < -0.39 is 22.2 Å². The lowest BCUT2D eigenvalue weighted by Crippen LogP contribution is -2.08. The minimum atomic E-state index is -0.835. The highest BCUT2D eigenvalue weighted by Gasteiger charge is 2.23. The molecule has 2 rings (SSSR count). The summed E-state index contributed by atoms with van der Waals surface area (Å²) < 4.78 is 26.3. The van der Waals surface area contributed by atoms with E-state index in [9.17, 15) is 13.6 Å². The topological polar surface area (TPSA) is 17.1 Å². The van der Waals surface area contributed by atoms with Crippen molar-refractivity contribution in [1.82, 2.24) is 0 Å². The number of benzene rings is 1. The van der Waals surface area contributed by atoms with E-state index in [1.807, 2.05) is 18.4 Å². The maximum atomic E-state index is 13.5. The fourth-order valence-electron chi connectivity index (χ4n) is 1.54. The minimum absolute atomic E-state index is 0.107. The van der Waals surface area contributed by atoms with Crippen molar-refractivity contribution in [3.05, 3.63) is 57.3 Å². The molecule has 1 atom stereocenters. The molecule has 0 aliphatic rings. The average molecular weight is 331 g/mol. The molecule has 0 saturated heterocycles. The molecular weight excluding hydrogens is 322 g/mol. The van der Waals surface area contributed by atoms with E-state index in [4.69, 9.17) is 0 Å². The molecule has 0 N–H and O–H groups in total. The molecule has 0 saturated carbocycles. The lowest BCUT2D eigenvalue weighted by atomic mass is 10.1. The van der Waals surface area contributed by atoms with Crippen LogP contribution in [0.1, 0.15) is 25.6 Å². The smallest absolute Gasteiger partial charge is 0.184 e. The zero-order valence-electron chi connectivity index (χ0n) is 9.41. The van der Waals surface area contributed by atoms with Crippen molar-refractivity contribution in [2.75, 3.05) is 0 Å². The van der Waals surface area contributed by atoms with Gasteiger partial charge in [-0.05, 0) is 36.1 Å². The van der Waals surface area contributed by atoms with Crippen molar-refractivity contribution in [2.24, 2.45) is 0 Å². The average Bonchev–Trinajstić information content (AvgIpc) is 2.74. The van der Waals surface area contributed by atoms with Crippen LogP contribution in [-0.4, -0.2) is 5.78 Å². The highest BCUT2D eigenvalue weighted by atomic mass is 79.9. The largest absolute Gasteiger partial charge is 0.292 e. The molecule has 0 bridgehead atoms. The van der Waals surface area contributed by atoms with Gasteiger partial charge in [-0.25, -0.2) is 8.78 Å². The number of carbonyl (C=O) groups is 1. The monoisotopic (exact) mass is 330 g/mol. The molecule has 1 heterocycles. The molecule has 2 aromatic rings. The molecule has 0 amide bonds. The standard InChI is InChI=1S/C13H9BrF2OS/c1-7-4-11(18-6-7)12(14)13(17)9-3-2-8(15)5-10(9)16/h2-6,12H,1H3. The zero-order chi connectivity index (χ0) is 13.3. The van der Waals surface area contributed by atoms with E-state index in [-0.39, 0.29) is 5.56 Å². The predicted octanol–water partition coefficient (Wildman–Crippen LogP) is 4.65. The van der Waals surface area contributed by atoms with Gasteiger partial charge in [0.1, 0.15) is 16.5 Å². The van der Waals surface area contributed by atoms with Crippen molar-refractivity contribution in [1.29, 1.82) is 0 Å². The third-order valence-corrected chi connectivity index (χ3v) is 4.75.